The maximum Gasteiger partial charge on any atom is 0.233 e. The van der Waals surface area contributed by atoms with Crippen molar-refractivity contribution in [1.29, 1.82) is 0 Å². The molecule has 3 aromatic rings. The molecule has 116 valence electrons. The summed E-state index contributed by atoms with van der Waals surface area (Å²) in [6.45, 7) is 0. The van der Waals surface area contributed by atoms with E-state index < -0.39 is 0 Å². The quantitative estimate of drug-likeness (QED) is 0.701. The number of hydrogen-bond donors (Lipinski definition) is 2. The van der Waals surface area contributed by atoms with Gasteiger partial charge in [-0.3, -0.25) is 0 Å². The van der Waals surface area contributed by atoms with Crippen molar-refractivity contribution in [3.8, 4) is 0 Å². The van der Waals surface area contributed by atoms with Crippen LogP contribution in [0.2, 0.25) is 10.0 Å². The second-order valence-electron chi connectivity index (χ2n) is 4.44. The van der Waals surface area contributed by atoms with Crippen LogP contribution in [-0.2, 0) is 0 Å². The lowest BCUT2D eigenvalue weighted by atomic mass is 10.3. The lowest BCUT2D eigenvalue weighted by Crippen LogP contribution is -2.04. The zero-order valence-electron chi connectivity index (χ0n) is 11.7. The molecule has 1 heterocycles. The second-order valence-corrected chi connectivity index (χ2v) is 6.24. The summed E-state index contributed by atoms with van der Waals surface area (Å²) in [5.74, 6) is 0.471. The van der Waals surface area contributed by atoms with Crippen molar-refractivity contribution in [3.05, 3.63) is 58.6 Å². The van der Waals surface area contributed by atoms with Gasteiger partial charge in [-0.25, -0.2) is 0 Å². The Morgan fingerprint density at radius 1 is 0.870 bits per heavy atom. The number of benzene rings is 2. The summed E-state index contributed by atoms with van der Waals surface area (Å²) in [7, 11) is 0. The summed E-state index contributed by atoms with van der Waals surface area (Å²) in [5, 5.41) is 4.54. The molecule has 0 amide bonds. The van der Waals surface area contributed by atoms with E-state index in [1.54, 1.807) is 18.2 Å². The lowest BCUT2D eigenvalue weighted by molar-refractivity contribution is 0.925. The van der Waals surface area contributed by atoms with E-state index in [1.165, 1.54) is 11.8 Å². The van der Waals surface area contributed by atoms with Crippen LogP contribution < -0.4 is 11.1 Å². The van der Waals surface area contributed by atoms with Gasteiger partial charge in [0.2, 0.25) is 11.9 Å². The van der Waals surface area contributed by atoms with Crippen LogP contribution in [0.4, 0.5) is 17.6 Å². The number of anilines is 3. The minimum Gasteiger partial charge on any atom is -0.368 e. The predicted octanol–water partition coefficient (Wildman–Crippen LogP) is 4.66. The van der Waals surface area contributed by atoms with Gasteiger partial charge in [0.25, 0.3) is 0 Å². The van der Waals surface area contributed by atoms with Gasteiger partial charge in [-0.1, -0.05) is 47.5 Å². The first-order valence-electron chi connectivity index (χ1n) is 6.57. The van der Waals surface area contributed by atoms with Gasteiger partial charge in [0.05, 0.1) is 14.9 Å². The van der Waals surface area contributed by atoms with Crippen molar-refractivity contribution in [2.75, 3.05) is 11.1 Å². The van der Waals surface area contributed by atoms with Crippen molar-refractivity contribution >= 4 is 52.5 Å². The molecule has 0 bridgehead atoms. The van der Waals surface area contributed by atoms with Gasteiger partial charge in [0.1, 0.15) is 0 Å². The normalized spacial score (nSPS) is 10.5. The van der Waals surface area contributed by atoms with E-state index >= 15 is 0 Å². The van der Waals surface area contributed by atoms with E-state index in [-0.39, 0.29) is 5.95 Å². The third-order valence-electron chi connectivity index (χ3n) is 2.77. The number of aromatic nitrogens is 3. The van der Waals surface area contributed by atoms with Crippen LogP contribution in [0.25, 0.3) is 0 Å². The molecule has 8 heteroatoms. The molecule has 0 saturated carbocycles. The van der Waals surface area contributed by atoms with Crippen molar-refractivity contribution in [2.45, 2.75) is 10.1 Å². The summed E-state index contributed by atoms with van der Waals surface area (Å²) in [6, 6.07) is 14.8. The van der Waals surface area contributed by atoms with E-state index in [0.29, 0.717) is 26.0 Å². The molecule has 0 spiro atoms. The number of nitrogens with zero attached hydrogens (tertiary/aromatic N) is 3. The number of hydrogen-bond acceptors (Lipinski definition) is 6. The molecule has 0 radical (unpaired) electrons. The van der Waals surface area contributed by atoms with E-state index in [9.17, 15) is 0 Å². The van der Waals surface area contributed by atoms with Gasteiger partial charge in [0.15, 0.2) is 5.16 Å². The third kappa shape index (κ3) is 4.04. The number of nitrogen functional groups attached to an aromatic ring is 1. The predicted molar refractivity (Wildman–Crippen MR) is 94.5 cm³/mol. The molecule has 0 saturated heterocycles. The molecular weight excluding hydrogens is 353 g/mol. The maximum atomic E-state index is 6.17. The highest BCUT2D eigenvalue weighted by Gasteiger charge is 2.12. The summed E-state index contributed by atoms with van der Waals surface area (Å²) < 4.78 is 0. The number of nitrogens with one attached hydrogen (secondary N) is 1. The molecule has 0 aliphatic heterocycles. The molecule has 23 heavy (non-hydrogen) atoms. The monoisotopic (exact) mass is 363 g/mol. The van der Waals surface area contributed by atoms with Crippen LogP contribution in [0.5, 0.6) is 0 Å². The standard InChI is InChI=1S/C15H11Cl2N5S/c16-10-7-4-8-11(17)12(10)23-15-21-13(18)20-14(22-15)19-9-5-2-1-3-6-9/h1-8H,(H3,18,19,20,21,22). The van der Waals surface area contributed by atoms with Gasteiger partial charge in [-0.2, -0.15) is 15.0 Å². The van der Waals surface area contributed by atoms with Gasteiger partial charge < -0.3 is 11.1 Å². The SMILES string of the molecule is Nc1nc(Nc2ccccc2)nc(Sc2c(Cl)cccc2Cl)n1. The highest BCUT2D eigenvalue weighted by molar-refractivity contribution is 7.99. The highest BCUT2D eigenvalue weighted by atomic mass is 35.5. The van der Waals surface area contributed by atoms with Gasteiger partial charge >= 0.3 is 0 Å². The Kier molecular flexibility index (Phi) is 4.85. The van der Waals surface area contributed by atoms with Crippen LogP contribution in [0.15, 0.2) is 58.6 Å². The Balaban J connectivity index is 1.89. The smallest absolute Gasteiger partial charge is 0.233 e. The Bertz CT molecular complexity index is 809. The summed E-state index contributed by atoms with van der Waals surface area (Å²) in [5.41, 5.74) is 6.61. The topological polar surface area (TPSA) is 76.7 Å². The van der Waals surface area contributed by atoms with Gasteiger partial charge in [0, 0.05) is 5.69 Å². The number of nitrogens with two attached hydrogens (primary N) is 1. The first kappa shape index (κ1) is 15.9. The van der Waals surface area contributed by atoms with Crippen molar-refractivity contribution in [3.63, 3.8) is 0 Å². The van der Waals surface area contributed by atoms with Gasteiger partial charge in [-0.15, -0.1) is 0 Å². The fraction of sp³-hybridized carbons (Fsp3) is 0. The molecule has 0 fully saturated rings. The molecule has 0 aliphatic rings. The van der Waals surface area contributed by atoms with E-state index in [1.807, 2.05) is 30.3 Å². The first-order chi connectivity index (χ1) is 11.1. The Labute approximate surface area is 147 Å². The fourth-order valence-electron chi connectivity index (χ4n) is 1.80. The Morgan fingerprint density at radius 2 is 1.57 bits per heavy atom. The summed E-state index contributed by atoms with van der Waals surface area (Å²) in [4.78, 5) is 13.2. The molecule has 1 aromatic heterocycles. The largest absolute Gasteiger partial charge is 0.368 e. The summed E-state index contributed by atoms with van der Waals surface area (Å²) in [6.07, 6.45) is 0. The van der Waals surface area contributed by atoms with Gasteiger partial charge in [-0.05, 0) is 36.0 Å². The molecule has 2 aromatic carbocycles. The molecule has 0 aliphatic carbocycles. The Hall–Kier alpha value is -2.02. The molecule has 0 atom stereocenters. The van der Waals surface area contributed by atoms with Crippen LogP contribution in [0, 0.1) is 0 Å². The van der Waals surface area contributed by atoms with E-state index in [4.69, 9.17) is 28.9 Å². The number of rotatable bonds is 4. The van der Waals surface area contributed by atoms with Crippen LogP contribution in [0.3, 0.4) is 0 Å². The number of para-hydroxylation sites is 1. The van der Waals surface area contributed by atoms with Crippen LogP contribution in [-0.4, -0.2) is 15.0 Å². The van der Waals surface area contributed by atoms with Crippen LogP contribution in [0.1, 0.15) is 0 Å². The minimum atomic E-state index is 0.115. The third-order valence-corrected chi connectivity index (χ3v) is 4.64. The maximum absolute atomic E-state index is 6.17. The minimum absolute atomic E-state index is 0.115. The van der Waals surface area contributed by atoms with E-state index in [2.05, 4.69) is 20.3 Å². The fourth-order valence-corrected chi connectivity index (χ4v) is 3.21. The van der Waals surface area contributed by atoms with Crippen molar-refractivity contribution in [1.82, 2.24) is 15.0 Å². The number of halogens is 2. The van der Waals surface area contributed by atoms with Crippen molar-refractivity contribution in [2.24, 2.45) is 0 Å². The average molecular weight is 364 g/mol. The molecule has 3 N–H and O–H groups in total. The van der Waals surface area contributed by atoms with Crippen molar-refractivity contribution < 1.29 is 0 Å². The first-order valence-corrected chi connectivity index (χ1v) is 8.14. The average Bonchev–Trinajstić information content (AvgIpc) is 2.51. The Morgan fingerprint density at radius 3 is 2.26 bits per heavy atom. The summed E-state index contributed by atoms with van der Waals surface area (Å²) >= 11 is 13.6. The molecular formula is C15H11Cl2N5S. The highest BCUT2D eigenvalue weighted by Crippen LogP contribution is 2.37. The molecule has 0 unspecified atom stereocenters. The lowest BCUT2D eigenvalue weighted by Gasteiger charge is -2.08. The zero-order valence-corrected chi connectivity index (χ0v) is 14.0. The van der Waals surface area contributed by atoms with Crippen LogP contribution >= 0.6 is 35.0 Å². The van der Waals surface area contributed by atoms with E-state index in [0.717, 1.165) is 5.69 Å². The molecule has 3 rings (SSSR count). The molecule has 5 nitrogen and oxygen atoms in total. The zero-order chi connectivity index (χ0) is 16.2. The second kappa shape index (κ2) is 7.04.